The van der Waals surface area contributed by atoms with Gasteiger partial charge in [-0.25, -0.2) is 0 Å². The molecule has 0 radical (unpaired) electrons. The number of carbonyl (C=O) groups is 1. The fourth-order valence-electron chi connectivity index (χ4n) is 2.01. The Morgan fingerprint density at radius 1 is 1.50 bits per heavy atom. The Morgan fingerprint density at radius 2 is 2.32 bits per heavy atom. The Balaban J connectivity index is 2.01. The summed E-state index contributed by atoms with van der Waals surface area (Å²) in [6, 6.07) is 5.24. The van der Waals surface area contributed by atoms with E-state index >= 15 is 0 Å². The highest BCUT2D eigenvalue weighted by atomic mass is 35.5. The first-order chi connectivity index (χ1) is 10.6. The van der Waals surface area contributed by atoms with Gasteiger partial charge in [-0.3, -0.25) is 4.79 Å². The SMILES string of the molecule is COc1ccc(-c2nnc3n2N=C(CC(=O)O)CS3)cc1Cl. The van der Waals surface area contributed by atoms with Gasteiger partial charge in [-0.05, 0) is 18.2 Å². The maximum absolute atomic E-state index is 10.8. The van der Waals surface area contributed by atoms with Crippen LogP contribution in [0.15, 0.2) is 28.5 Å². The molecule has 2 aromatic rings. The van der Waals surface area contributed by atoms with Gasteiger partial charge in [0.15, 0.2) is 5.82 Å². The second-order valence-electron chi connectivity index (χ2n) is 4.49. The number of nitrogens with zero attached hydrogens (tertiary/aromatic N) is 4. The Labute approximate surface area is 134 Å². The van der Waals surface area contributed by atoms with Gasteiger partial charge < -0.3 is 9.84 Å². The average Bonchev–Trinajstić information content (AvgIpc) is 2.89. The molecule has 1 aliphatic heterocycles. The number of rotatable bonds is 4. The third-order valence-corrected chi connectivity index (χ3v) is 4.27. The molecule has 9 heteroatoms. The van der Waals surface area contributed by atoms with E-state index in [0.717, 1.165) is 5.56 Å². The van der Waals surface area contributed by atoms with Crippen molar-refractivity contribution in [1.29, 1.82) is 0 Å². The number of carboxylic acids is 1. The molecule has 7 nitrogen and oxygen atoms in total. The number of hydrogen-bond donors (Lipinski definition) is 1. The van der Waals surface area contributed by atoms with Crippen LogP contribution in [0.25, 0.3) is 11.4 Å². The lowest BCUT2D eigenvalue weighted by atomic mass is 10.2. The van der Waals surface area contributed by atoms with Crippen LogP contribution < -0.4 is 4.74 Å². The summed E-state index contributed by atoms with van der Waals surface area (Å²) in [5, 5.41) is 22.5. The predicted molar refractivity (Wildman–Crippen MR) is 82.8 cm³/mol. The van der Waals surface area contributed by atoms with Gasteiger partial charge in [-0.15, -0.1) is 10.2 Å². The highest BCUT2D eigenvalue weighted by Gasteiger charge is 2.21. The smallest absolute Gasteiger partial charge is 0.309 e. The molecule has 0 amide bonds. The van der Waals surface area contributed by atoms with Crippen LogP contribution in [0.1, 0.15) is 6.42 Å². The van der Waals surface area contributed by atoms with Crippen LogP contribution in [-0.4, -0.2) is 44.5 Å². The third-order valence-electron chi connectivity index (χ3n) is 2.99. The lowest BCUT2D eigenvalue weighted by Gasteiger charge is -2.12. The standard InChI is InChI=1S/C13H11ClN4O3S/c1-21-10-3-2-7(4-9(10)14)12-15-16-13-18(12)17-8(6-22-13)5-11(19)20/h2-4H,5-6H2,1H3,(H,19,20). The van der Waals surface area contributed by atoms with Crippen molar-refractivity contribution in [1.82, 2.24) is 14.9 Å². The van der Waals surface area contributed by atoms with Gasteiger partial charge >= 0.3 is 5.97 Å². The van der Waals surface area contributed by atoms with Crippen molar-refractivity contribution in [2.75, 3.05) is 12.9 Å². The average molecular weight is 339 g/mol. The van der Waals surface area contributed by atoms with Crippen molar-refractivity contribution in [3.8, 4) is 17.1 Å². The first-order valence-electron chi connectivity index (χ1n) is 6.29. The van der Waals surface area contributed by atoms with E-state index in [-0.39, 0.29) is 6.42 Å². The molecule has 1 aliphatic rings. The Morgan fingerprint density at radius 3 is 3.00 bits per heavy atom. The number of ether oxygens (including phenoxy) is 1. The quantitative estimate of drug-likeness (QED) is 0.920. The summed E-state index contributed by atoms with van der Waals surface area (Å²) in [5.74, 6) is 0.654. The largest absolute Gasteiger partial charge is 0.495 e. The molecular formula is C13H11ClN4O3S. The maximum Gasteiger partial charge on any atom is 0.309 e. The molecule has 0 spiro atoms. The fraction of sp³-hybridized carbons (Fsp3) is 0.231. The minimum absolute atomic E-state index is 0.104. The van der Waals surface area contributed by atoms with Gasteiger partial charge in [-0.1, -0.05) is 23.4 Å². The number of carboxylic acid groups (broad SMARTS) is 1. The molecule has 22 heavy (non-hydrogen) atoms. The predicted octanol–water partition coefficient (Wildman–Crippen LogP) is 2.39. The number of halogens is 1. The highest BCUT2D eigenvalue weighted by Crippen LogP contribution is 2.32. The number of aliphatic carboxylic acids is 1. The van der Waals surface area contributed by atoms with Crippen molar-refractivity contribution in [2.45, 2.75) is 11.6 Å². The van der Waals surface area contributed by atoms with Gasteiger partial charge in [0, 0.05) is 11.3 Å². The summed E-state index contributed by atoms with van der Waals surface area (Å²) in [6.07, 6.45) is -0.104. The normalized spacial score (nSPS) is 13.5. The number of hydrogen-bond acceptors (Lipinski definition) is 6. The summed E-state index contributed by atoms with van der Waals surface area (Å²) < 4.78 is 6.67. The van der Waals surface area contributed by atoms with Crippen LogP contribution in [0.3, 0.4) is 0 Å². The zero-order valence-electron chi connectivity index (χ0n) is 11.5. The van der Waals surface area contributed by atoms with E-state index in [0.29, 0.717) is 33.2 Å². The van der Waals surface area contributed by atoms with Gasteiger partial charge in [-0.2, -0.15) is 9.78 Å². The van der Waals surface area contributed by atoms with Gasteiger partial charge in [0.05, 0.1) is 24.3 Å². The van der Waals surface area contributed by atoms with Crippen LogP contribution >= 0.6 is 23.4 Å². The summed E-state index contributed by atoms with van der Waals surface area (Å²) in [4.78, 5) is 10.8. The number of fused-ring (bicyclic) bond motifs is 1. The minimum Gasteiger partial charge on any atom is -0.495 e. The first kappa shape index (κ1) is 14.9. The van der Waals surface area contributed by atoms with Gasteiger partial charge in [0.2, 0.25) is 5.16 Å². The van der Waals surface area contributed by atoms with E-state index in [2.05, 4.69) is 15.3 Å². The van der Waals surface area contributed by atoms with Crippen molar-refractivity contribution < 1.29 is 14.6 Å². The van der Waals surface area contributed by atoms with Crippen LogP contribution in [0.5, 0.6) is 5.75 Å². The monoisotopic (exact) mass is 338 g/mol. The molecule has 0 bridgehead atoms. The zero-order chi connectivity index (χ0) is 15.7. The Hall–Kier alpha value is -2.06. The van der Waals surface area contributed by atoms with Crippen molar-refractivity contribution in [2.24, 2.45) is 5.10 Å². The van der Waals surface area contributed by atoms with E-state index in [1.54, 1.807) is 30.0 Å². The molecule has 1 aromatic heterocycles. The third kappa shape index (κ3) is 2.79. The number of benzene rings is 1. The molecule has 1 N–H and O–H groups in total. The topological polar surface area (TPSA) is 89.6 Å². The fourth-order valence-corrected chi connectivity index (χ4v) is 3.07. The van der Waals surface area contributed by atoms with E-state index < -0.39 is 5.97 Å². The zero-order valence-corrected chi connectivity index (χ0v) is 13.1. The number of aromatic nitrogens is 3. The molecular weight excluding hydrogens is 328 g/mol. The Kier molecular flexibility index (Phi) is 4.04. The maximum atomic E-state index is 10.8. The lowest BCUT2D eigenvalue weighted by Crippen LogP contribution is -2.16. The lowest BCUT2D eigenvalue weighted by molar-refractivity contribution is -0.135. The van der Waals surface area contributed by atoms with Gasteiger partial charge in [0.25, 0.3) is 0 Å². The summed E-state index contributed by atoms with van der Waals surface area (Å²) in [6.45, 7) is 0. The summed E-state index contributed by atoms with van der Waals surface area (Å²) >= 11 is 7.53. The molecule has 2 heterocycles. The van der Waals surface area contributed by atoms with Crippen molar-refractivity contribution >= 4 is 35.0 Å². The second kappa shape index (κ2) is 5.98. The van der Waals surface area contributed by atoms with E-state index in [1.165, 1.54) is 11.8 Å². The molecule has 3 rings (SSSR count). The van der Waals surface area contributed by atoms with Crippen LogP contribution in [0.2, 0.25) is 5.02 Å². The van der Waals surface area contributed by atoms with Crippen LogP contribution in [-0.2, 0) is 4.79 Å². The minimum atomic E-state index is -0.912. The Bertz CT molecular complexity index is 775. The number of thioether (sulfide) groups is 1. The molecule has 0 fully saturated rings. The van der Waals surface area contributed by atoms with Gasteiger partial charge in [0.1, 0.15) is 5.75 Å². The molecule has 114 valence electrons. The van der Waals surface area contributed by atoms with E-state index in [1.807, 2.05) is 0 Å². The summed E-state index contributed by atoms with van der Waals surface area (Å²) in [5.41, 5.74) is 1.29. The second-order valence-corrected chi connectivity index (χ2v) is 5.84. The molecule has 0 unspecified atom stereocenters. The van der Waals surface area contributed by atoms with Crippen LogP contribution in [0, 0.1) is 0 Å². The molecule has 0 saturated heterocycles. The molecule has 0 aliphatic carbocycles. The molecule has 1 aromatic carbocycles. The molecule has 0 saturated carbocycles. The molecule has 0 atom stereocenters. The van der Waals surface area contributed by atoms with Crippen LogP contribution in [0.4, 0.5) is 0 Å². The van der Waals surface area contributed by atoms with E-state index in [4.69, 9.17) is 21.4 Å². The summed E-state index contributed by atoms with van der Waals surface area (Å²) in [7, 11) is 1.54. The highest BCUT2D eigenvalue weighted by molar-refractivity contribution is 7.99. The van der Waals surface area contributed by atoms with E-state index in [9.17, 15) is 4.79 Å². The number of methoxy groups -OCH3 is 1. The van der Waals surface area contributed by atoms with Crippen molar-refractivity contribution in [3.63, 3.8) is 0 Å². The van der Waals surface area contributed by atoms with Crippen molar-refractivity contribution in [3.05, 3.63) is 23.2 Å². The first-order valence-corrected chi connectivity index (χ1v) is 7.65.